The number of rotatable bonds is 4. The van der Waals surface area contributed by atoms with Gasteiger partial charge in [0, 0.05) is 0 Å². The first-order valence-electron chi connectivity index (χ1n) is 5.16. The van der Waals surface area contributed by atoms with Crippen LogP contribution < -0.4 is 8.37 Å². The third kappa shape index (κ3) is 3.78. The molecule has 0 heterocycles. The first-order valence-corrected chi connectivity index (χ1v) is 6.50. The lowest BCUT2D eigenvalue weighted by molar-refractivity contribution is 0.391. The molecule has 0 aromatic heterocycles. The highest BCUT2D eigenvalue weighted by atomic mass is 32.3. The molecule has 7 heteroatoms. The smallest absolute Gasteiger partial charge is 0.500 e. The molecule has 0 radical (unpaired) electrons. The summed E-state index contributed by atoms with van der Waals surface area (Å²) >= 11 is 0. The summed E-state index contributed by atoms with van der Waals surface area (Å²) in [4.78, 5) is 0. The Kier molecular flexibility index (Phi) is 3.48. The normalized spacial score (nSPS) is 10.9. The van der Waals surface area contributed by atoms with Crippen LogP contribution in [0, 0.1) is 0 Å². The Labute approximate surface area is 109 Å². The van der Waals surface area contributed by atoms with Crippen LogP contribution in [0.4, 0.5) is 0 Å². The molecule has 2 aromatic rings. The molecule has 0 unspecified atom stereocenters. The molecule has 6 nitrogen and oxygen atoms in total. The molecule has 0 atom stereocenters. The Morgan fingerprint density at radius 2 is 1.00 bits per heavy atom. The van der Waals surface area contributed by atoms with Gasteiger partial charge in [0.05, 0.1) is 0 Å². The maximum Gasteiger partial charge on any atom is 0.500 e. The average molecular weight is 282 g/mol. The molecule has 2 aromatic carbocycles. The molecule has 0 saturated heterocycles. The second-order valence-corrected chi connectivity index (χ2v) is 4.71. The minimum Gasteiger partial charge on any atom is -0.508 e. The van der Waals surface area contributed by atoms with Crippen LogP contribution in [0.2, 0.25) is 0 Å². The SMILES string of the molecule is O=S(=O)(Oc1ccc(O)cc1)Oc1ccc(O)cc1. The molecule has 19 heavy (non-hydrogen) atoms. The molecule has 0 aliphatic carbocycles. The van der Waals surface area contributed by atoms with Crippen LogP contribution in [-0.2, 0) is 10.4 Å². The summed E-state index contributed by atoms with van der Waals surface area (Å²) in [5.41, 5.74) is 0. The van der Waals surface area contributed by atoms with Crippen molar-refractivity contribution in [2.45, 2.75) is 0 Å². The molecule has 0 aliphatic heterocycles. The molecule has 0 saturated carbocycles. The summed E-state index contributed by atoms with van der Waals surface area (Å²) < 4.78 is 32.5. The van der Waals surface area contributed by atoms with Gasteiger partial charge < -0.3 is 18.6 Å². The van der Waals surface area contributed by atoms with Gasteiger partial charge in [0.1, 0.15) is 23.0 Å². The van der Waals surface area contributed by atoms with Gasteiger partial charge in [-0.15, -0.1) is 8.42 Å². The van der Waals surface area contributed by atoms with Gasteiger partial charge in [-0.1, -0.05) is 0 Å². The predicted octanol–water partition coefficient (Wildman–Crippen LogP) is 1.80. The van der Waals surface area contributed by atoms with E-state index in [1.165, 1.54) is 48.5 Å². The topological polar surface area (TPSA) is 93.1 Å². The van der Waals surface area contributed by atoms with Crippen molar-refractivity contribution in [3.63, 3.8) is 0 Å². The predicted molar refractivity (Wildman–Crippen MR) is 66.4 cm³/mol. The van der Waals surface area contributed by atoms with Crippen LogP contribution in [0.3, 0.4) is 0 Å². The van der Waals surface area contributed by atoms with Crippen LogP contribution >= 0.6 is 0 Å². The summed E-state index contributed by atoms with van der Waals surface area (Å²) in [6.07, 6.45) is 0. The Hall–Kier alpha value is -2.41. The zero-order chi connectivity index (χ0) is 13.9. The van der Waals surface area contributed by atoms with E-state index in [4.69, 9.17) is 10.2 Å². The average Bonchev–Trinajstić information content (AvgIpc) is 2.34. The fraction of sp³-hybridized carbons (Fsp3) is 0. The zero-order valence-corrected chi connectivity index (χ0v) is 10.4. The van der Waals surface area contributed by atoms with E-state index < -0.39 is 10.4 Å². The van der Waals surface area contributed by atoms with Crippen LogP contribution in [0.5, 0.6) is 23.0 Å². The Balaban J connectivity index is 2.10. The number of benzene rings is 2. The van der Waals surface area contributed by atoms with Crippen LogP contribution in [-0.4, -0.2) is 18.6 Å². The van der Waals surface area contributed by atoms with Crippen molar-refractivity contribution in [1.29, 1.82) is 0 Å². The maximum absolute atomic E-state index is 11.6. The second kappa shape index (κ2) is 5.07. The summed E-state index contributed by atoms with van der Waals surface area (Å²) in [6, 6.07) is 10.3. The summed E-state index contributed by atoms with van der Waals surface area (Å²) in [6.45, 7) is 0. The lowest BCUT2D eigenvalue weighted by Crippen LogP contribution is -2.16. The van der Waals surface area contributed by atoms with Crippen molar-refractivity contribution >= 4 is 10.4 Å². The standard InChI is InChI=1S/C12H10O6S/c13-9-1-5-11(6-2-9)17-19(15,16)18-12-7-3-10(14)4-8-12/h1-8,13-14H. The molecular weight excluding hydrogens is 272 g/mol. The van der Waals surface area contributed by atoms with Gasteiger partial charge in [-0.3, -0.25) is 0 Å². The minimum absolute atomic E-state index is 0.01000. The Morgan fingerprint density at radius 1 is 0.684 bits per heavy atom. The van der Waals surface area contributed by atoms with Crippen molar-refractivity contribution in [3.05, 3.63) is 48.5 Å². The van der Waals surface area contributed by atoms with Crippen LogP contribution in [0.15, 0.2) is 48.5 Å². The first kappa shape index (κ1) is 13.0. The van der Waals surface area contributed by atoms with Gasteiger partial charge in [0.15, 0.2) is 0 Å². The molecule has 0 spiro atoms. The van der Waals surface area contributed by atoms with E-state index in [2.05, 4.69) is 8.37 Å². The molecule has 0 bridgehead atoms. The molecule has 2 rings (SSSR count). The van der Waals surface area contributed by atoms with Crippen molar-refractivity contribution in [1.82, 2.24) is 0 Å². The number of aromatic hydroxyl groups is 2. The van der Waals surface area contributed by atoms with E-state index in [9.17, 15) is 8.42 Å². The number of hydrogen-bond acceptors (Lipinski definition) is 6. The first-order chi connectivity index (χ1) is 8.94. The monoisotopic (exact) mass is 282 g/mol. The van der Waals surface area contributed by atoms with Crippen LogP contribution in [0.1, 0.15) is 0 Å². The quantitative estimate of drug-likeness (QED) is 0.888. The van der Waals surface area contributed by atoms with Gasteiger partial charge in [-0.25, -0.2) is 0 Å². The largest absolute Gasteiger partial charge is 0.508 e. The van der Waals surface area contributed by atoms with Crippen molar-refractivity contribution in [2.24, 2.45) is 0 Å². The van der Waals surface area contributed by atoms with Gasteiger partial charge in [-0.2, -0.15) is 0 Å². The Bertz CT molecular complexity index is 592. The van der Waals surface area contributed by atoms with Gasteiger partial charge >= 0.3 is 10.4 Å². The van der Waals surface area contributed by atoms with Crippen molar-refractivity contribution < 1.29 is 27.0 Å². The summed E-state index contributed by atoms with van der Waals surface area (Å²) in [5, 5.41) is 18.1. The number of phenolic OH excluding ortho intramolecular Hbond substituents is 2. The highest BCUT2D eigenvalue weighted by Gasteiger charge is 2.15. The fourth-order valence-electron chi connectivity index (χ4n) is 1.26. The molecular formula is C12H10O6S. The highest BCUT2D eigenvalue weighted by molar-refractivity contribution is 7.82. The molecule has 2 N–H and O–H groups in total. The van der Waals surface area contributed by atoms with E-state index in [0.29, 0.717) is 0 Å². The van der Waals surface area contributed by atoms with Crippen molar-refractivity contribution in [3.8, 4) is 23.0 Å². The number of phenols is 2. The summed E-state index contributed by atoms with van der Waals surface area (Å²) in [5.74, 6) is 0.00144. The molecule has 0 aliphatic rings. The van der Waals surface area contributed by atoms with Gasteiger partial charge in [0.2, 0.25) is 0 Å². The fourth-order valence-corrected chi connectivity index (χ4v) is 1.98. The van der Waals surface area contributed by atoms with E-state index in [-0.39, 0.29) is 23.0 Å². The van der Waals surface area contributed by atoms with Gasteiger partial charge in [-0.05, 0) is 48.5 Å². The number of hydrogen-bond donors (Lipinski definition) is 2. The molecule has 0 amide bonds. The third-order valence-electron chi connectivity index (χ3n) is 2.07. The van der Waals surface area contributed by atoms with E-state index in [0.717, 1.165) is 0 Å². The Morgan fingerprint density at radius 3 is 1.32 bits per heavy atom. The molecule has 100 valence electrons. The highest BCUT2D eigenvalue weighted by Crippen LogP contribution is 2.21. The minimum atomic E-state index is -4.28. The van der Waals surface area contributed by atoms with E-state index >= 15 is 0 Å². The second-order valence-electron chi connectivity index (χ2n) is 3.56. The lowest BCUT2D eigenvalue weighted by Gasteiger charge is -2.07. The third-order valence-corrected chi connectivity index (χ3v) is 2.86. The van der Waals surface area contributed by atoms with E-state index in [1.807, 2.05) is 0 Å². The lowest BCUT2D eigenvalue weighted by atomic mass is 10.3. The van der Waals surface area contributed by atoms with E-state index in [1.54, 1.807) is 0 Å². The van der Waals surface area contributed by atoms with Gasteiger partial charge in [0.25, 0.3) is 0 Å². The maximum atomic E-state index is 11.6. The zero-order valence-electron chi connectivity index (χ0n) is 9.55. The van der Waals surface area contributed by atoms with Crippen LogP contribution in [0.25, 0.3) is 0 Å². The molecule has 0 fully saturated rings. The summed E-state index contributed by atoms with van der Waals surface area (Å²) in [7, 11) is -4.28. The van der Waals surface area contributed by atoms with Crippen molar-refractivity contribution in [2.75, 3.05) is 0 Å².